The quantitative estimate of drug-likeness (QED) is 0.373. The largest absolute Gasteiger partial charge is 0.370 e. The second-order valence-electron chi connectivity index (χ2n) is 11.2. The van der Waals surface area contributed by atoms with Crippen molar-refractivity contribution in [2.75, 3.05) is 66.6 Å². The van der Waals surface area contributed by atoms with Crippen molar-refractivity contribution in [1.82, 2.24) is 24.8 Å². The highest BCUT2D eigenvalue weighted by molar-refractivity contribution is 5.87. The summed E-state index contributed by atoms with van der Waals surface area (Å²) in [5.41, 5.74) is 9.14. The Bertz CT molecular complexity index is 1360. The molecule has 0 unspecified atom stereocenters. The molecular weight excluding hydrogens is 507 g/mol. The molecule has 2 aliphatic rings. The SMILES string of the molecule is CN1CCN(C(N)=NCN2CCN(C)CC2=Nc2cc(C(C)(C)c3ccc(-c4ccccc4F)cc3)no2)CC1. The van der Waals surface area contributed by atoms with Crippen LogP contribution in [-0.2, 0) is 5.41 Å². The Kier molecular flexibility index (Phi) is 8.18. The first-order chi connectivity index (χ1) is 19.2. The van der Waals surface area contributed by atoms with Gasteiger partial charge in [-0.2, -0.15) is 4.99 Å². The summed E-state index contributed by atoms with van der Waals surface area (Å²) >= 11 is 0. The summed E-state index contributed by atoms with van der Waals surface area (Å²) < 4.78 is 19.9. The lowest BCUT2D eigenvalue weighted by Crippen LogP contribution is -2.51. The normalized spacial score (nSPS) is 19.0. The first-order valence-electron chi connectivity index (χ1n) is 13.8. The van der Waals surface area contributed by atoms with Crippen molar-refractivity contribution in [3.63, 3.8) is 0 Å². The maximum atomic E-state index is 14.2. The van der Waals surface area contributed by atoms with Crippen molar-refractivity contribution in [2.45, 2.75) is 19.3 Å². The Morgan fingerprint density at radius 1 is 0.975 bits per heavy atom. The molecule has 0 saturated carbocycles. The van der Waals surface area contributed by atoms with Gasteiger partial charge in [-0.3, -0.25) is 4.90 Å². The highest BCUT2D eigenvalue weighted by Crippen LogP contribution is 2.34. The van der Waals surface area contributed by atoms with Crippen LogP contribution >= 0.6 is 0 Å². The Morgan fingerprint density at radius 2 is 1.68 bits per heavy atom. The molecule has 212 valence electrons. The Balaban J connectivity index is 1.31. The fraction of sp³-hybridized carbons (Fsp3) is 0.433. The maximum absolute atomic E-state index is 14.2. The molecule has 5 rings (SSSR count). The molecule has 0 radical (unpaired) electrons. The van der Waals surface area contributed by atoms with Gasteiger partial charge in [-0.25, -0.2) is 9.38 Å². The number of nitrogens with zero attached hydrogens (tertiary/aromatic N) is 7. The standard InChI is InChI=1S/C30H39FN8O/c1-30(2,23-11-9-22(10-12-23)24-7-5-6-8-25(24)31)26-19-28(40-35-26)34-27-20-37(4)15-18-39(27)21-33-29(32)38-16-13-36(3)14-17-38/h5-12,19H,13-18,20-21H2,1-4H3,(H2,32,33). The summed E-state index contributed by atoms with van der Waals surface area (Å²) in [5.74, 6) is 1.68. The highest BCUT2D eigenvalue weighted by atomic mass is 19.1. The molecule has 40 heavy (non-hydrogen) atoms. The summed E-state index contributed by atoms with van der Waals surface area (Å²) in [7, 11) is 4.20. The van der Waals surface area contributed by atoms with Crippen LogP contribution in [-0.4, -0.2) is 103 Å². The van der Waals surface area contributed by atoms with Crippen molar-refractivity contribution in [1.29, 1.82) is 0 Å². The van der Waals surface area contributed by atoms with Crippen LogP contribution in [0, 0.1) is 5.82 Å². The molecule has 0 atom stereocenters. The number of aromatic nitrogens is 1. The number of aliphatic imine (C=N–C) groups is 2. The lowest BCUT2D eigenvalue weighted by Gasteiger charge is -2.35. The average molecular weight is 547 g/mol. The van der Waals surface area contributed by atoms with Gasteiger partial charge in [0, 0.05) is 56.3 Å². The predicted molar refractivity (Wildman–Crippen MR) is 157 cm³/mol. The summed E-state index contributed by atoms with van der Waals surface area (Å²) in [6.07, 6.45) is 0. The maximum Gasteiger partial charge on any atom is 0.252 e. The molecule has 2 aromatic carbocycles. The molecule has 1 aromatic heterocycles. The number of benzene rings is 2. The van der Waals surface area contributed by atoms with Crippen molar-refractivity contribution in [3.05, 3.63) is 71.7 Å². The zero-order chi connectivity index (χ0) is 28.3. The van der Waals surface area contributed by atoms with E-state index < -0.39 is 5.41 Å². The average Bonchev–Trinajstić information content (AvgIpc) is 3.43. The second-order valence-corrected chi connectivity index (χ2v) is 11.2. The third-order valence-corrected chi connectivity index (χ3v) is 7.93. The summed E-state index contributed by atoms with van der Waals surface area (Å²) in [6, 6.07) is 16.6. The van der Waals surface area contributed by atoms with Crippen LogP contribution in [0.3, 0.4) is 0 Å². The summed E-state index contributed by atoms with van der Waals surface area (Å²) in [6.45, 7) is 10.8. The fourth-order valence-electron chi connectivity index (χ4n) is 5.04. The summed E-state index contributed by atoms with van der Waals surface area (Å²) in [5, 5.41) is 4.38. The third-order valence-electron chi connectivity index (χ3n) is 7.93. The number of halogens is 1. The molecule has 2 N–H and O–H groups in total. The van der Waals surface area contributed by atoms with E-state index in [1.165, 1.54) is 6.07 Å². The van der Waals surface area contributed by atoms with E-state index in [1.54, 1.807) is 12.1 Å². The third kappa shape index (κ3) is 6.18. The minimum Gasteiger partial charge on any atom is -0.370 e. The molecule has 0 spiro atoms. The fourth-order valence-corrected chi connectivity index (χ4v) is 5.04. The van der Waals surface area contributed by atoms with Crippen LogP contribution < -0.4 is 5.73 Å². The van der Waals surface area contributed by atoms with Gasteiger partial charge in [-0.15, -0.1) is 0 Å². The zero-order valence-electron chi connectivity index (χ0n) is 23.8. The van der Waals surface area contributed by atoms with Gasteiger partial charge in [0.1, 0.15) is 18.3 Å². The molecule has 3 aromatic rings. The first-order valence-corrected chi connectivity index (χ1v) is 13.8. The zero-order valence-corrected chi connectivity index (χ0v) is 23.8. The Labute approximate surface area is 235 Å². The minimum absolute atomic E-state index is 0.232. The number of likely N-dealkylation sites (N-methyl/N-ethyl adjacent to an activating group) is 2. The topological polar surface area (TPSA) is 89.7 Å². The number of amidine groups is 1. The van der Waals surface area contributed by atoms with Crippen molar-refractivity contribution in [2.24, 2.45) is 15.7 Å². The van der Waals surface area contributed by atoms with Gasteiger partial charge in [-0.05, 0) is 31.3 Å². The smallest absolute Gasteiger partial charge is 0.252 e. The molecule has 9 nitrogen and oxygen atoms in total. The van der Waals surface area contributed by atoms with E-state index in [2.05, 4.69) is 52.7 Å². The number of piperazine rings is 2. The number of guanidine groups is 1. The van der Waals surface area contributed by atoms with Gasteiger partial charge in [0.25, 0.3) is 5.88 Å². The van der Waals surface area contributed by atoms with Gasteiger partial charge >= 0.3 is 0 Å². The van der Waals surface area contributed by atoms with Gasteiger partial charge in [0.2, 0.25) is 0 Å². The highest BCUT2D eigenvalue weighted by Gasteiger charge is 2.28. The van der Waals surface area contributed by atoms with Crippen molar-refractivity contribution >= 4 is 17.7 Å². The first kappa shape index (κ1) is 27.8. The van der Waals surface area contributed by atoms with E-state index >= 15 is 0 Å². The molecule has 0 amide bonds. The van der Waals surface area contributed by atoms with E-state index in [9.17, 15) is 4.39 Å². The molecule has 0 bridgehead atoms. The van der Waals surface area contributed by atoms with Gasteiger partial charge < -0.3 is 25.0 Å². The van der Waals surface area contributed by atoms with E-state index in [0.29, 0.717) is 30.6 Å². The molecule has 2 aliphatic heterocycles. The Morgan fingerprint density at radius 3 is 2.40 bits per heavy atom. The van der Waals surface area contributed by atoms with E-state index in [1.807, 2.05) is 36.4 Å². The minimum atomic E-state index is -0.431. The molecule has 0 aliphatic carbocycles. The lowest BCUT2D eigenvalue weighted by molar-refractivity contribution is 0.212. The van der Waals surface area contributed by atoms with Gasteiger partial charge in [0.05, 0.1) is 12.2 Å². The Hall–Kier alpha value is -3.76. The van der Waals surface area contributed by atoms with Crippen LogP contribution in [0.1, 0.15) is 25.1 Å². The molecule has 3 heterocycles. The number of hydrogen-bond acceptors (Lipinski definition) is 6. The lowest BCUT2D eigenvalue weighted by atomic mass is 9.81. The second kappa shape index (κ2) is 11.8. The molecular formula is C30H39FN8O. The van der Waals surface area contributed by atoms with Gasteiger partial charge in [0.15, 0.2) is 5.96 Å². The number of hydrogen-bond donors (Lipinski definition) is 1. The van der Waals surface area contributed by atoms with E-state index in [-0.39, 0.29) is 5.82 Å². The van der Waals surface area contributed by atoms with Crippen molar-refractivity contribution < 1.29 is 8.91 Å². The van der Waals surface area contributed by atoms with Crippen LogP contribution in [0.2, 0.25) is 0 Å². The monoisotopic (exact) mass is 546 g/mol. The van der Waals surface area contributed by atoms with Crippen LogP contribution in [0.5, 0.6) is 0 Å². The number of nitrogens with two attached hydrogens (primary N) is 1. The van der Waals surface area contributed by atoms with Crippen LogP contribution in [0.15, 0.2) is 69.1 Å². The van der Waals surface area contributed by atoms with Crippen molar-refractivity contribution in [3.8, 4) is 11.1 Å². The molecule has 10 heteroatoms. The van der Waals surface area contributed by atoms with Gasteiger partial charge in [-0.1, -0.05) is 61.5 Å². The van der Waals surface area contributed by atoms with E-state index in [4.69, 9.17) is 20.2 Å². The molecule has 2 saturated heterocycles. The summed E-state index contributed by atoms with van der Waals surface area (Å²) in [4.78, 5) is 18.3. The van der Waals surface area contributed by atoms with Crippen LogP contribution in [0.4, 0.5) is 10.3 Å². The predicted octanol–water partition coefficient (Wildman–Crippen LogP) is 3.60. The molecule has 2 fully saturated rings. The van der Waals surface area contributed by atoms with E-state index in [0.717, 1.165) is 61.9 Å². The van der Waals surface area contributed by atoms with Crippen LogP contribution in [0.25, 0.3) is 11.1 Å². The number of rotatable bonds is 6.